The van der Waals surface area contributed by atoms with Crippen LogP contribution >= 0.6 is 23.4 Å². The Hall–Kier alpha value is -2.78. The highest BCUT2D eigenvalue weighted by molar-refractivity contribution is 7.99. The second kappa shape index (κ2) is 10.1. The summed E-state index contributed by atoms with van der Waals surface area (Å²) >= 11 is 7.49. The fraction of sp³-hybridized carbons (Fsp3) is 0.130. The molecule has 2 N–H and O–H groups in total. The summed E-state index contributed by atoms with van der Waals surface area (Å²) in [6.45, 7) is 0.127. The van der Waals surface area contributed by atoms with E-state index in [0.29, 0.717) is 16.1 Å². The van der Waals surface area contributed by atoms with Gasteiger partial charge >= 0.3 is 0 Å². The molecule has 0 aliphatic carbocycles. The lowest BCUT2D eigenvalue weighted by atomic mass is 10.1. The third-order valence-electron chi connectivity index (χ3n) is 4.21. The van der Waals surface area contributed by atoms with E-state index in [1.807, 2.05) is 42.5 Å². The van der Waals surface area contributed by atoms with Gasteiger partial charge in [-0.3, -0.25) is 4.79 Å². The van der Waals surface area contributed by atoms with Gasteiger partial charge in [0, 0.05) is 21.4 Å². The molecule has 1 atom stereocenters. The number of hydrogen-bond acceptors (Lipinski definition) is 4. The molecule has 0 heterocycles. The molecule has 0 saturated heterocycles. The summed E-state index contributed by atoms with van der Waals surface area (Å²) in [6, 6.07) is 24.2. The van der Waals surface area contributed by atoms with Crippen LogP contribution in [0.15, 0.2) is 82.6 Å². The van der Waals surface area contributed by atoms with E-state index in [9.17, 15) is 9.90 Å². The summed E-state index contributed by atoms with van der Waals surface area (Å²) in [5.41, 5.74) is 2.18. The molecule has 0 unspecified atom stereocenters. The number of benzene rings is 3. The van der Waals surface area contributed by atoms with E-state index in [4.69, 9.17) is 16.9 Å². The van der Waals surface area contributed by atoms with Crippen molar-refractivity contribution in [1.82, 2.24) is 5.32 Å². The van der Waals surface area contributed by atoms with E-state index in [2.05, 4.69) is 11.4 Å². The molecular formula is C23H19ClN2O2S. The van der Waals surface area contributed by atoms with Crippen LogP contribution in [0.5, 0.6) is 0 Å². The van der Waals surface area contributed by atoms with E-state index in [-0.39, 0.29) is 18.9 Å². The standard InChI is InChI=1S/C23H19ClN2O2S/c24-19-5-2-4-18(13-19)22(27)15-26-23(28)12-16-7-9-20(10-8-16)29-21-6-1-3-17(11-21)14-25/h1-11,13,22,27H,12,15H2,(H,26,28)/t22-/m0/s1. The average molecular weight is 423 g/mol. The minimum atomic E-state index is -0.805. The first kappa shape index (κ1) is 20.9. The second-order valence-electron chi connectivity index (χ2n) is 6.44. The summed E-state index contributed by atoms with van der Waals surface area (Å²) in [5, 5.41) is 22.5. The number of aliphatic hydroxyl groups is 1. The molecule has 0 radical (unpaired) electrons. The van der Waals surface area contributed by atoms with E-state index in [1.165, 1.54) is 0 Å². The van der Waals surface area contributed by atoms with Crippen LogP contribution in [0.25, 0.3) is 0 Å². The quantitative estimate of drug-likeness (QED) is 0.576. The molecule has 0 aliphatic rings. The minimum Gasteiger partial charge on any atom is -0.387 e. The fourth-order valence-corrected chi connectivity index (χ4v) is 3.81. The molecule has 1 amide bonds. The monoisotopic (exact) mass is 422 g/mol. The Morgan fingerprint density at radius 1 is 1.07 bits per heavy atom. The van der Waals surface area contributed by atoms with Crippen LogP contribution in [0.2, 0.25) is 5.02 Å². The van der Waals surface area contributed by atoms with Crippen molar-refractivity contribution in [3.8, 4) is 6.07 Å². The van der Waals surface area contributed by atoms with Crippen LogP contribution in [-0.4, -0.2) is 17.6 Å². The molecule has 3 aromatic rings. The maximum Gasteiger partial charge on any atom is 0.224 e. The highest BCUT2D eigenvalue weighted by atomic mass is 35.5. The van der Waals surface area contributed by atoms with Crippen LogP contribution in [0.4, 0.5) is 0 Å². The molecule has 6 heteroatoms. The molecule has 146 valence electrons. The third-order valence-corrected chi connectivity index (χ3v) is 5.45. The highest BCUT2D eigenvalue weighted by Gasteiger charge is 2.10. The number of halogens is 1. The van der Waals surface area contributed by atoms with Crippen LogP contribution in [0.1, 0.15) is 22.8 Å². The van der Waals surface area contributed by atoms with E-state index >= 15 is 0 Å². The summed E-state index contributed by atoms with van der Waals surface area (Å²) in [4.78, 5) is 14.2. The molecule has 0 aliphatic heterocycles. The molecule has 4 nitrogen and oxygen atoms in total. The molecule has 3 aromatic carbocycles. The van der Waals surface area contributed by atoms with Gasteiger partial charge in [0.05, 0.1) is 24.2 Å². The van der Waals surface area contributed by atoms with Crippen molar-refractivity contribution in [3.05, 3.63) is 94.5 Å². The molecule has 0 saturated carbocycles. The SMILES string of the molecule is N#Cc1cccc(Sc2ccc(CC(=O)NC[C@H](O)c3cccc(Cl)c3)cc2)c1. The van der Waals surface area contributed by atoms with Gasteiger partial charge in [0.15, 0.2) is 0 Å². The number of nitrogens with one attached hydrogen (secondary N) is 1. The van der Waals surface area contributed by atoms with Crippen molar-refractivity contribution in [2.24, 2.45) is 0 Å². The van der Waals surface area contributed by atoms with Crippen LogP contribution in [0, 0.1) is 11.3 Å². The third kappa shape index (κ3) is 6.37. The number of amides is 1. The second-order valence-corrected chi connectivity index (χ2v) is 8.02. The van der Waals surface area contributed by atoms with Crippen LogP contribution in [-0.2, 0) is 11.2 Å². The van der Waals surface area contributed by atoms with Crippen molar-refractivity contribution in [2.45, 2.75) is 22.3 Å². The number of nitriles is 1. The molecule has 0 bridgehead atoms. The van der Waals surface area contributed by atoms with E-state index < -0.39 is 6.10 Å². The minimum absolute atomic E-state index is 0.127. The maximum absolute atomic E-state index is 12.2. The molecule has 0 aromatic heterocycles. The predicted octanol–water partition coefficient (Wildman–Crippen LogP) is 4.76. The summed E-state index contributed by atoms with van der Waals surface area (Å²) in [7, 11) is 0. The fourth-order valence-electron chi connectivity index (χ4n) is 2.73. The molecule has 29 heavy (non-hydrogen) atoms. The van der Waals surface area contributed by atoms with Gasteiger partial charge in [0.25, 0.3) is 0 Å². The first-order valence-corrected chi connectivity index (χ1v) is 10.2. The number of rotatable bonds is 7. The zero-order chi connectivity index (χ0) is 20.6. The van der Waals surface area contributed by atoms with Crippen molar-refractivity contribution in [1.29, 1.82) is 5.26 Å². The van der Waals surface area contributed by atoms with Gasteiger partial charge < -0.3 is 10.4 Å². The van der Waals surface area contributed by atoms with E-state index in [0.717, 1.165) is 15.4 Å². The van der Waals surface area contributed by atoms with Gasteiger partial charge in [0.1, 0.15) is 0 Å². The zero-order valence-electron chi connectivity index (χ0n) is 15.5. The van der Waals surface area contributed by atoms with Gasteiger partial charge in [-0.2, -0.15) is 5.26 Å². The van der Waals surface area contributed by atoms with E-state index in [1.54, 1.807) is 42.1 Å². The predicted molar refractivity (Wildman–Crippen MR) is 115 cm³/mol. The first-order chi connectivity index (χ1) is 14.0. The smallest absolute Gasteiger partial charge is 0.224 e. The van der Waals surface area contributed by atoms with Crippen molar-refractivity contribution < 1.29 is 9.90 Å². The first-order valence-electron chi connectivity index (χ1n) is 9.00. The Labute approximate surface area is 179 Å². The number of nitrogens with zero attached hydrogens (tertiary/aromatic N) is 1. The van der Waals surface area contributed by atoms with Crippen LogP contribution < -0.4 is 5.32 Å². The maximum atomic E-state index is 12.2. The zero-order valence-corrected chi connectivity index (χ0v) is 17.1. The lowest BCUT2D eigenvalue weighted by Gasteiger charge is -2.12. The summed E-state index contributed by atoms with van der Waals surface area (Å²) in [5.74, 6) is -0.159. The Morgan fingerprint density at radius 3 is 2.55 bits per heavy atom. The molecule has 0 spiro atoms. The average Bonchev–Trinajstić information content (AvgIpc) is 2.73. The molecule has 3 rings (SSSR count). The lowest BCUT2D eigenvalue weighted by molar-refractivity contribution is -0.120. The number of hydrogen-bond donors (Lipinski definition) is 2. The molecular weight excluding hydrogens is 404 g/mol. The Balaban J connectivity index is 1.51. The van der Waals surface area contributed by atoms with Crippen molar-refractivity contribution >= 4 is 29.3 Å². The largest absolute Gasteiger partial charge is 0.387 e. The number of carbonyl (C=O) groups is 1. The molecule has 0 fully saturated rings. The van der Waals surface area contributed by atoms with Crippen LogP contribution in [0.3, 0.4) is 0 Å². The topological polar surface area (TPSA) is 73.1 Å². The summed E-state index contributed by atoms with van der Waals surface area (Å²) in [6.07, 6.45) is -0.572. The van der Waals surface area contributed by atoms with Gasteiger partial charge in [-0.25, -0.2) is 0 Å². The van der Waals surface area contributed by atoms with Gasteiger partial charge in [-0.15, -0.1) is 0 Å². The van der Waals surface area contributed by atoms with Gasteiger partial charge in [0.2, 0.25) is 5.91 Å². The Morgan fingerprint density at radius 2 is 1.83 bits per heavy atom. The van der Waals surface area contributed by atoms with Gasteiger partial charge in [-0.1, -0.05) is 53.7 Å². The van der Waals surface area contributed by atoms with Crippen molar-refractivity contribution in [2.75, 3.05) is 6.54 Å². The Kier molecular flexibility index (Phi) is 7.31. The highest BCUT2D eigenvalue weighted by Crippen LogP contribution is 2.28. The normalized spacial score (nSPS) is 11.5. The van der Waals surface area contributed by atoms with Gasteiger partial charge in [-0.05, 0) is 53.6 Å². The lowest BCUT2D eigenvalue weighted by Crippen LogP contribution is -2.29. The Bertz CT molecular complexity index is 1030. The number of carbonyl (C=O) groups excluding carboxylic acids is 1. The summed E-state index contributed by atoms with van der Waals surface area (Å²) < 4.78 is 0. The van der Waals surface area contributed by atoms with Crippen molar-refractivity contribution in [3.63, 3.8) is 0 Å². The number of aliphatic hydroxyl groups excluding tert-OH is 1.